The predicted molar refractivity (Wildman–Crippen MR) is 121 cm³/mol. The number of allylic oxidation sites excluding steroid dienone is 1. The molecule has 8 heteroatoms. The zero-order valence-electron chi connectivity index (χ0n) is 18.3. The number of benzene rings is 2. The van der Waals surface area contributed by atoms with Crippen molar-refractivity contribution in [2.24, 2.45) is 5.92 Å². The first kappa shape index (κ1) is 24.9. The molecule has 0 saturated carbocycles. The van der Waals surface area contributed by atoms with Crippen molar-refractivity contribution in [1.29, 1.82) is 0 Å². The molecule has 172 valence electrons. The van der Waals surface area contributed by atoms with E-state index >= 15 is 0 Å². The number of carbonyl (C=O) groups excluding carboxylic acids is 2. The summed E-state index contributed by atoms with van der Waals surface area (Å²) < 4.78 is 11.5. The van der Waals surface area contributed by atoms with Gasteiger partial charge in [-0.15, -0.1) is 0 Å². The average Bonchev–Trinajstić information content (AvgIpc) is 2.80. The maximum absolute atomic E-state index is 12.7. The van der Waals surface area contributed by atoms with Crippen LogP contribution in [0.15, 0.2) is 60.7 Å². The first-order valence-electron chi connectivity index (χ1n) is 10.4. The summed E-state index contributed by atoms with van der Waals surface area (Å²) in [6.07, 6.45) is 2.79. The molecule has 0 aliphatic carbocycles. The number of para-hydroxylation sites is 1. The number of nitrogens with one attached hydrogen (secondary N) is 2. The molecule has 0 heterocycles. The second-order valence-electron chi connectivity index (χ2n) is 7.36. The lowest BCUT2D eigenvalue weighted by molar-refractivity contribution is -0.124. The molecule has 0 fully saturated rings. The smallest absolute Gasteiger partial charge is 0.412 e. The van der Waals surface area contributed by atoms with Crippen LogP contribution in [0.25, 0.3) is 0 Å². The molecule has 2 amide bonds. The monoisotopic (exact) mass is 442 g/mol. The highest BCUT2D eigenvalue weighted by Gasteiger charge is 2.26. The van der Waals surface area contributed by atoms with Gasteiger partial charge in [-0.25, -0.2) is 10.3 Å². The quantitative estimate of drug-likeness (QED) is 0.236. The van der Waals surface area contributed by atoms with Crippen LogP contribution in [-0.2, 0) is 9.53 Å². The lowest BCUT2D eigenvalue weighted by atomic mass is 9.92. The van der Waals surface area contributed by atoms with Gasteiger partial charge in [0.2, 0.25) is 0 Å². The molecule has 0 radical (unpaired) electrons. The van der Waals surface area contributed by atoms with Gasteiger partial charge >= 0.3 is 6.09 Å². The number of ether oxygens (including phenoxy) is 2. The minimum Gasteiger partial charge on any atom is -0.491 e. The predicted octanol–water partition coefficient (Wildman–Crippen LogP) is 4.13. The Labute approximate surface area is 187 Å². The fourth-order valence-electron chi connectivity index (χ4n) is 3.13. The summed E-state index contributed by atoms with van der Waals surface area (Å²) in [4.78, 5) is 23.8. The third-order valence-electron chi connectivity index (χ3n) is 4.79. The Bertz CT molecular complexity index is 898. The normalized spacial score (nSPS) is 12.8. The van der Waals surface area contributed by atoms with E-state index in [4.69, 9.17) is 19.8 Å². The fourth-order valence-corrected chi connectivity index (χ4v) is 3.13. The average molecular weight is 443 g/mol. The van der Waals surface area contributed by atoms with E-state index in [-0.39, 0.29) is 19.1 Å². The summed E-state index contributed by atoms with van der Waals surface area (Å²) in [6, 6.07) is 14.6. The van der Waals surface area contributed by atoms with Crippen molar-refractivity contribution in [2.75, 3.05) is 18.5 Å². The molecule has 0 aliphatic heterocycles. The number of rotatable bonds is 11. The first-order chi connectivity index (χ1) is 15.4. The molecule has 0 aromatic heterocycles. The van der Waals surface area contributed by atoms with E-state index in [1.807, 2.05) is 38.1 Å². The highest BCUT2D eigenvalue weighted by molar-refractivity contribution is 5.86. The molecular formula is C24H30N2O6. The van der Waals surface area contributed by atoms with Crippen LogP contribution in [0.4, 0.5) is 10.5 Å². The molecule has 2 aromatic carbocycles. The van der Waals surface area contributed by atoms with Crippen molar-refractivity contribution in [3.63, 3.8) is 0 Å². The molecule has 8 nitrogen and oxygen atoms in total. The molecule has 4 N–H and O–H groups in total. The minimum absolute atomic E-state index is 0.118. The van der Waals surface area contributed by atoms with Crippen LogP contribution in [-0.4, -0.2) is 35.5 Å². The number of hydrogen-bond acceptors (Lipinski definition) is 6. The lowest BCUT2D eigenvalue weighted by Crippen LogP contribution is -2.22. The molecule has 2 aromatic rings. The van der Waals surface area contributed by atoms with E-state index < -0.39 is 18.1 Å². The number of aliphatic hydroxyl groups excluding tert-OH is 1. The number of amides is 2. The molecule has 2 atom stereocenters. The molecule has 32 heavy (non-hydrogen) atoms. The van der Waals surface area contributed by atoms with Gasteiger partial charge in [0.15, 0.2) is 0 Å². The van der Waals surface area contributed by atoms with Crippen LogP contribution in [0, 0.1) is 12.8 Å². The van der Waals surface area contributed by atoms with Gasteiger partial charge in [0.1, 0.15) is 18.5 Å². The number of aliphatic hydroxyl groups is 1. The topological polar surface area (TPSA) is 117 Å². The van der Waals surface area contributed by atoms with Gasteiger partial charge in [0.05, 0.1) is 6.61 Å². The maximum Gasteiger partial charge on any atom is 0.412 e. The Balaban J connectivity index is 2.18. The number of hydroxylamine groups is 1. The zero-order valence-corrected chi connectivity index (χ0v) is 18.3. The van der Waals surface area contributed by atoms with Crippen LogP contribution in [0.2, 0.25) is 0 Å². The van der Waals surface area contributed by atoms with E-state index in [0.29, 0.717) is 29.8 Å². The molecule has 2 rings (SSSR count). The Morgan fingerprint density at radius 2 is 1.84 bits per heavy atom. The van der Waals surface area contributed by atoms with Gasteiger partial charge in [-0.2, -0.15) is 0 Å². The second kappa shape index (κ2) is 13.1. The van der Waals surface area contributed by atoms with Crippen molar-refractivity contribution in [3.8, 4) is 5.75 Å². The molecule has 0 bridgehead atoms. The Kier molecular flexibility index (Phi) is 10.2. The van der Waals surface area contributed by atoms with Gasteiger partial charge in [0, 0.05) is 17.3 Å². The number of carbonyl (C=O) groups is 2. The number of aryl methyl sites for hydroxylation is 1. The van der Waals surface area contributed by atoms with Gasteiger partial charge in [-0.1, -0.05) is 48.9 Å². The summed E-state index contributed by atoms with van der Waals surface area (Å²) in [7, 11) is 0. The summed E-state index contributed by atoms with van der Waals surface area (Å²) in [6.45, 7) is 3.88. The van der Waals surface area contributed by atoms with Crippen LogP contribution >= 0.6 is 0 Å². The van der Waals surface area contributed by atoms with Crippen LogP contribution in [0.3, 0.4) is 0 Å². The highest BCUT2D eigenvalue weighted by Crippen LogP contribution is 2.35. The summed E-state index contributed by atoms with van der Waals surface area (Å²) in [5.74, 6) is -0.207. The van der Waals surface area contributed by atoms with Gasteiger partial charge in [0.25, 0.3) is 5.91 Å². The third-order valence-corrected chi connectivity index (χ3v) is 4.79. The van der Waals surface area contributed by atoms with E-state index in [9.17, 15) is 9.59 Å². The largest absolute Gasteiger partial charge is 0.491 e. The van der Waals surface area contributed by atoms with Crippen LogP contribution in [0.5, 0.6) is 5.75 Å². The second-order valence-corrected chi connectivity index (χ2v) is 7.36. The van der Waals surface area contributed by atoms with E-state index in [0.717, 1.165) is 5.56 Å². The molecular weight excluding hydrogens is 412 g/mol. The highest BCUT2D eigenvalue weighted by atomic mass is 16.6. The van der Waals surface area contributed by atoms with Crippen LogP contribution in [0.1, 0.15) is 37.0 Å². The zero-order chi connectivity index (χ0) is 23.3. The number of anilines is 1. The molecule has 0 aliphatic rings. The SMILES string of the molecule is Cc1ccc(NC(=O)O[C@H](c2ccccc2OCCO)[C@@H](C)CC/C=C/C(=O)NO)cc1. The van der Waals surface area contributed by atoms with Crippen LogP contribution < -0.4 is 15.5 Å². The Morgan fingerprint density at radius 3 is 2.53 bits per heavy atom. The fraction of sp³-hybridized carbons (Fsp3) is 0.333. The number of hydrogen-bond donors (Lipinski definition) is 4. The van der Waals surface area contributed by atoms with Gasteiger partial charge in [-0.05, 0) is 43.9 Å². The summed E-state index contributed by atoms with van der Waals surface area (Å²) in [5, 5.41) is 20.4. The standard InChI is InChI=1S/C24H30N2O6/c1-17-11-13-19(14-12-17)25-24(29)32-23(18(2)7-3-6-10-22(28)26-30)20-8-4-5-9-21(20)31-16-15-27/h4-6,8-14,18,23,27,30H,3,7,15-16H2,1-2H3,(H,25,29)(H,26,28)/b10-6+/t18-,23-/m0/s1. The van der Waals surface area contributed by atoms with Crippen molar-refractivity contribution < 1.29 is 29.4 Å². The molecule has 0 spiro atoms. The third kappa shape index (κ3) is 8.05. The molecule has 0 saturated heterocycles. The molecule has 0 unspecified atom stereocenters. The summed E-state index contributed by atoms with van der Waals surface area (Å²) in [5.41, 5.74) is 3.92. The van der Waals surface area contributed by atoms with Crippen molar-refractivity contribution >= 4 is 17.7 Å². The summed E-state index contributed by atoms with van der Waals surface area (Å²) >= 11 is 0. The van der Waals surface area contributed by atoms with Crippen molar-refractivity contribution in [3.05, 3.63) is 71.8 Å². The minimum atomic E-state index is -0.629. The maximum atomic E-state index is 12.7. The Morgan fingerprint density at radius 1 is 1.12 bits per heavy atom. The lowest BCUT2D eigenvalue weighted by Gasteiger charge is -2.26. The first-order valence-corrected chi connectivity index (χ1v) is 10.4. The van der Waals surface area contributed by atoms with Gasteiger partial charge < -0.3 is 14.6 Å². The van der Waals surface area contributed by atoms with Crippen molar-refractivity contribution in [1.82, 2.24) is 5.48 Å². The van der Waals surface area contributed by atoms with E-state index in [2.05, 4.69) is 5.32 Å². The Hall–Kier alpha value is -3.36. The van der Waals surface area contributed by atoms with E-state index in [1.165, 1.54) is 6.08 Å². The van der Waals surface area contributed by atoms with Crippen molar-refractivity contribution in [2.45, 2.75) is 32.8 Å². The van der Waals surface area contributed by atoms with Gasteiger partial charge in [-0.3, -0.25) is 15.3 Å². The van der Waals surface area contributed by atoms with E-state index in [1.54, 1.807) is 35.8 Å².